The van der Waals surface area contributed by atoms with Gasteiger partial charge in [0, 0.05) is 43.6 Å². The third kappa shape index (κ3) is 4.65. The summed E-state index contributed by atoms with van der Waals surface area (Å²) in [6, 6.07) is 17.1. The highest BCUT2D eigenvalue weighted by Gasteiger charge is 2.19. The third-order valence-electron chi connectivity index (χ3n) is 5.25. The van der Waals surface area contributed by atoms with Gasteiger partial charge in [-0.05, 0) is 55.3 Å². The van der Waals surface area contributed by atoms with E-state index in [1.807, 2.05) is 25.1 Å². The van der Waals surface area contributed by atoms with E-state index in [1.54, 1.807) is 0 Å². The van der Waals surface area contributed by atoms with Crippen molar-refractivity contribution in [1.29, 1.82) is 0 Å². The Morgan fingerprint density at radius 2 is 1.55 bits per heavy atom. The van der Waals surface area contributed by atoms with Crippen LogP contribution >= 0.6 is 0 Å². The van der Waals surface area contributed by atoms with Gasteiger partial charge in [0.2, 0.25) is 0 Å². The number of benzene rings is 2. The minimum absolute atomic E-state index is 0.201. The van der Waals surface area contributed by atoms with Crippen LogP contribution in [0.3, 0.4) is 0 Å². The summed E-state index contributed by atoms with van der Waals surface area (Å²) in [5, 5.41) is 3.39. The number of aryl methyl sites for hydroxylation is 2. The molecule has 1 aliphatic rings. The molecule has 0 saturated carbocycles. The highest BCUT2D eigenvalue weighted by molar-refractivity contribution is 5.60. The highest BCUT2D eigenvalue weighted by atomic mass is 19.1. The van der Waals surface area contributed by atoms with Gasteiger partial charge in [-0.2, -0.15) is 0 Å². The summed E-state index contributed by atoms with van der Waals surface area (Å²) in [6.45, 7) is 7.53. The molecule has 0 amide bonds. The van der Waals surface area contributed by atoms with E-state index in [4.69, 9.17) is 0 Å². The number of halogens is 1. The second-order valence-corrected chi connectivity index (χ2v) is 7.28. The highest BCUT2D eigenvalue weighted by Crippen LogP contribution is 2.23. The smallest absolute Gasteiger partial charge is 0.136 e. The second-order valence-electron chi connectivity index (χ2n) is 7.28. The van der Waals surface area contributed by atoms with Crippen molar-refractivity contribution in [2.24, 2.45) is 0 Å². The van der Waals surface area contributed by atoms with Crippen LogP contribution in [-0.2, 0) is 6.42 Å². The van der Waals surface area contributed by atoms with E-state index in [1.165, 1.54) is 17.7 Å². The van der Waals surface area contributed by atoms with Gasteiger partial charge < -0.3 is 15.1 Å². The number of aromatic nitrogens is 2. The number of anilines is 4. The molecule has 1 aromatic heterocycles. The van der Waals surface area contributed by atoms with Gasteiger partial charge in [-0.15, -0.1) is 0 Å². The van der Waals surface area contributed by atoms with Crippen LogP contribution in [0.1, 0.15) is 18.3 Å². The average molecular weight is 391 g/mol. The average Bonchev–Trinajstić information content (AvgIpc) is 2.75. The van der Waals surface area contributed by atoms with Crippen molar-refractivity contribution in [1.82, 2.24) is 9.97 Å². The van der Waals surface area contributed by atoms with E-state index in [2.05, 4.69) is 56.3 Å². The van der Waals surface area contributed by atoms with Crippen molar-refractivity contribution in [3.63, 3.8) is 0 Å². The molecule has 0 unspecified atom stereocenters. The Bertz CT molecular complexity index is 948. The van der Waals surface area contributed by atoms with Gasteiger partial charge in [0.15, 0.2) is 0 Å². The third-order valence-corrected chi connectivity index (χ3v) is 5.25. The molecule has 2 aromatic carbocycles. The van der Waals surface area contributed by atoms with E-state index in [0.717, 1.165) is 61.4 Å². The van der Waals surface area contributed by atoms with Gasteiger partial charge in [-0.3, -0.25) is 0 Å². The summed E-state index contributed by atoms with van der Waals surface area (Å²) in [4.78, 5) is 13.7. The summed E-state index contributed by atoms with van der Waals surface area (Å²) in [6.07, 6.45) is 1.03. The van der Waals surface area contributed by atoms with Crippen LogP contribution in [0.4, 0.5) is 27.4 Å². The molecule has 5 nitrogen and oxygen atoms in total. The van der Waals surface area contributed by atoms with Gasteiger partial charge in [0.05, 0.1) is 0 Å². The van der Waals surface area contributed by atoms with E-state index in [9.17, 15) is 4.39 Å². The Hall–Kier alpha value is -3.15. The minimum atomic E-state index is -0.201. The fraction of sp³-hybridized carbons (Fsp3) is 0.304. The summed E-state index contributed by atoms with van der Waals surface area (Å²) in [5.74, 6) is 2.28. The van der Waals surface area contributed by atoms with Crippen LogP contribution in [0.2, 0.25) is 0 Å². The van der Waals surface area contributed by atoms with Crippen molar-refractivity contribution in [3.8, 4) is 0 Å². The standard InChI is InChI=1S/C23H26FN5/c1-3-18-4-8-20(9-5-18)27-22-16-23(26-17(2)25-22)29-14-12-28(13-15-29)21-10-6-19(24)7-11-21/h4-11,16H,3,12-15H2,1-2H3,(H,25,26,27). The fourth-order valence-corrected chi connectivity index (χ4v) is 3.60. The molecule has 0 atom stereocenters. The van der Waals surface area contributed by atoms with Crippen molar-refractivity contribution >= 4 is 23.0 Å². The maximum atomic E-state index is 13.2. The number of nitrogens with one attached hydrogen (secondary N) is 1. The molecule has 3 aromatic rings. The first-order valence-electron chi connectivity index (χ1n) is 10.1. The largest absolute Gasteiger partial charge is 0.368 e. The second kappa shape index (κ2) is 8.47. The summed E-state index contributed by atoms with van der Waals surface area (Å²) < 4.78 is 13.2. The molecule has 1 N–H and O–H groups in total. The van der Waals surface area contributed by atoms with Gasteiger partial charge in [-0.25, -0.2) is 14.4 Å². The Balaban J connectivity index is 1.44. The van der Waals surface area contributed by atoms with Gasteiger partial charge in [-0.1, -0.05) is 19.1 Å². The lowest BCUT2D eigenvalue weighted by molar-refractivity contribution is 0.624. The van der Waals surface area contributed by atoms with Crippen LogP contribution in [0.5, 0.6) is 0 Å². The van der Waals surface area contributed by atoms with Crippen molar-refractivity contribution in [2.75, 3.05) is 41.3 Å². The zero-order valence-electron chi connectivity index (χ0n) is 16.9. The number of piperazine rings is 1. The zero-order valence-corrected chi connectivity index (χ0v) is 16.9. The number of rotatable bonds is 5. The maximum Gasteiger partial charge on any atom is 0.136 e. The molecule has 6 heteroatoms. The van der Waals surface area contributed by atoms with Gasteiger partial charge in [0.1, 0.15) is 23.3 Å². The van der Waals surface area contributed by atoms with Crippen LogP contribution in [0.25, 0.3) is 0 Å². The zero-order chi connectivity index (χ0) is 20.2. The molecule has 2 heterocycles. The van der Waals surface area contributed by atoms with E-state index in [0.29, 0.717) is 0 Å². The first-order chi connectivity index (χ1) is 14.1. The van der Waals surface area contributed by atoms with Crippen LogP contribution in [-0.4, -0.2) is 36.1 Å². The lowest BCUT2D eigenvalue weighted by Crippen LogP contribution is -2.46. The summed E-state index contributed by atoms with van der Waals surface area (Å²) in [5.41, 5.74) is 3.39. The normalized spacial score (nSPS) is 14.2. The molecule has 29 heavy (non-hydrogen) atoms. The molecular formula is C23H26FN5. The Kier molecular flexibility index (Phi) is 5.60. The number of hydrogen-bond acceptors (Lipinski definition) is 5. The van der Waals surface area contributed by atoms with E-state index in [-0.39, 0.29) is 5.82 Å². The number of nitrogens with zero attached hydrogens (tertiary/aromatic N) is 4. The fourth-order valence-electron chi connectivity index (χ4n) is 3.60. The Morgan fingerprint density at radius 1 is 0.897 bits per heavy atom. The topological polar surface area (TPSA) is 44.3 Å². The Labute approximate surface area is 171 Å². The molecule has 0 spiro atoms. The van der Waals surface area contributed by atoms with Gasteiger partial charge in [0.25, 0.3) is 0 Å². The van der Waals surface area contributed by atoms with Crippen LogP contribution in [0, 0.1) is 12.7 Å². The lowest BCUT2D eigenvalue weighted by Gasteiger charge is -2.36. The molecular weight excluding hydrogens is 365 g/mol. The molecule has 1 saturated heterocycles. The predicted octanol–water partition coefficient (Wildman–Crippen LogP) is 4.56. The van der Waals surface area contributed by atoms with E-state index < -0.39 is 0 Å². The lowest BCUT2D eigenvalue weighted by atomic mass is 10.1. The molecule has 0 radical (unpaired) electrons. The molecule has 0 bridgehead atoms. The SMILES string of the molecule is CCc1ccc(Nc2cc(N3CCN(c4ccc(F)cc4)CC3)nc(C)n2)cc1. The first-order valence-corrected chi connectivity index (χ1v) is 10.1. The summed E-state index contributed by atoms with van der Waals surface area (Å²) in [7, 11) is 0. The van der Waals surface area contributed by atoms with Crippen LogP contribution < -0.4 is 15.1 Å². The minimum Gasteiger partial charge on any atom is -0.368 e. The van der Waals surface area contributed by atoms with Crippen molar-refractivity contribution < 1.29 is 4.39 Å². The molecule has 1 fully saturated rings. The maximum absolute atomic E-state index is 13.2. The molecule has 150 valence electrons. The van der Waals surface area contributed by atoms with Gasteiger partial charge >= 0.3 is 0 Å². The number of hydrogen-bond donors (Lipinski definition) is 1. The molecule has 0 aliphatic carbocycles. The Morgan fingerprint density at radius 3 is 2.21 bits per heavy atom. The summed E-state index contributed by atoms with van der Waals surface area (Å²) >= 11 is 0. The van der Waals surface area contributed by atoms with Crippen LogP contribution in [0.15, 0.2) is 54.6 Å². The molecule has 1 aliphatic heterocycles. The quantitative estimate of drug-likeness (QED) is 0.691. The monoisotopic (exact) mass is 391 g/mol. The molecule has 4 rings (SSSR count). The first kappa shape index (κ1) is 19.2. The van der Waals surface area contributed by atoms with Crippen molar-refractivity contribution in [3.05, 3.63) is 71.8 Å². The van der Waals surface area contributed by atoms with E-state index >= 15 is 0 Å². The predicted molar refractivity (Wildman–Crippen MR) is 117 cm³/mol. The van der Waals surface area contributed by atoms with Crippen molar-refractivity contribution in [2.45, 2.75) is 20.3 Å².